The fraction of sp³-hybridized carbons (Fsp3) is 0.429. The monoisotopic (exact) mass is 298 g/mol. The molecule has 0 radical (unpaired) electrons. The second-order valence-corrected chi connectivity index (χ2v) is 5.27. The minimum Gasteiger partial charge on any atom is -0.478 e. The van der Waals surface area contributed by atoms with E-state index in [4.69, 9.17) is 5.11 Å². The van der Waals surface area contributed by atoms with E-state index in [2.05, 4.69) is 10.6 Å². The lowest BCUT2D eigenvalue weighted by atomic mass is 10.1. The second kappa shape index (κ2) is 6.07. The molecular weight excluding hydrogens is 282 g/mol. The van der Waals surface area contributed by atoms with E-state index >= 15 is 0 Å². The number of carbonyl (C=O) groups excluding carboxylic acids is 1. The molecule has 3 N–H and O–H groups in total. The number of rotatable bonds is 5. The van der Waals surface area contributed by atoms with Crippen LogP contribution in [-0.2, 0) is 0 Å². The van der Waals surface area contributed by atoms with Crippen LogP contribution in [0.3, 0.4) is 0 Å². The second-order valence-electron chi connectivity index (χ2n) is 5.27. The van der Waals surface area contributed by atoms with Gasteiger partial charge >= 0.3 is 12.0 Å². The van der Waals surface area contributed by atoms with Gasteiger partial charge in [0.15, 0.2) is 11.6 Å². The Kier molecular flexibility index (Phi) is 4.40. The average Bonchev–Trinajstić information content (AvgIpc) is 3.24. The van der Waals surface area contributed by atoms with Gasteiger partial charge in [-0.05, 0) is 30.7 Å². The number of hydrogen-bond acceptors (Lipinski definition) is 2. The van der Waals surface area contributed by atoms with Gasteiger partial charge in [-0.2, -0.15) is 0 Å². The maximum absolute atomic E-state index is 13.2. The van der Waals surface area contributed by atoms with Crippen LogP contribution in [0.15, 0.2) is 12.1 Å². The number of carboxylic acids is 1. The molecule has 1 fully saturated rings. The minimum absolute atomic E-state index is 0.280. The predicted octanol–water partition coefficient (Wildman–Crippen LogP) is 2.83. The van der Waals surface area contributed by atoms with Gasteiger partial charge in [0.05, 0.1) is 11.3 Å². The molecule has 1 aromatic carbocycles. The van der Waals surface area contributed by atoms with E-state index in [0.29, 0.717) is 30.5 Å². The van der Waals surface area contributed by atoms with E-state index < -0.39 is 29.2 Å². The molecule has 1 atom stereocenters. The van der Waals surface area contributed by atoms with Crippen molar-refractivity contribution in [1.29, 1.82) is 0 Å². The molecule has 2 amide bonds. The summed E-state index contributed by atoms with van der Waals surface area (Å²) in [7, 11) is 0. The molecule has 0 aliphatic heterocycles. The molecule has 0 aromatic heterocycles. The van der Waals surface area contributed by atoms with E-state index in [0.717, 1.165) is 12.8 Å². The Balaban J connectivity index is 2.02. The smallest absolute Gasteiger partial charge is 0.337 e. The van der Waals surface area contributed by atoms with Crippen molar-refractivity contribution in [2.24, 2.45) is 11.8 Å². The van der Waals surface area contributed by atoms with Crippen molar-refractivity contribution in [3.05, 3.63) is 29.3 Å². The Morgan fingerprint density at radius 2 is 1.95 bits per heavy atom. The first-order chi connectivity index (χ1) is 9.88. The Labute approximate surface area is 120 Å². The third kappa shape index (κ3) is 3.90. The largest absolute Gasteiger partial charge is 0.478 e. The van der Waals surface area contributed by atoms with Crippen molar-refractivity contribution in [1.82, 2.24) is 5.32 Å². The van der Waals surface area contributed by atoms with E-state index in [1.165, 1.54) is 0 Å². The van der Waals surface area contributed by atoms with E-state index in [1.807, 2.05) is 6.92 Å². The molecule has 1 aliphatic carbocycles. The van der Waals surface area contributed by atoms with Gasteiger partial charge in [-0.25, -0.2) is 18.4 Å². The minimum atomic E-state index is -1.45. The average molecular weight is 298 g/mol. The van der Waals surface area contributed by atoms with Gasteiger partial charge in [-0.1, -0.05) is 6.92 Å². The Bertz CT molecular complexity index is 574. The van der Waals surface area contributed by atoms with Crippen molar-refractivity contribution in [2.75, 3.05) is 11.9 Å². The predicted molar refractivity (Wildman–Crippen MR) is 72.2 cm³/mol. The van der Waals surface area contributed by atoms with Gasteiger partial charge in [-0.15, -0.1) is 0 Å². The van der Waals surface area contributed by atoms with Crippen molar-refractivity contribution >= 4 is 17.7 Å². The summed E-state index contributed by atoms with van der Waals surface area (Å²) < 4.78 is 26.2. The number of aromatic carboxylic acids is 1. The zero-order valence-corrected chi connectivity index (χ0v) is 11.5. The maximum atomic E-state index is 13.2. The number of carboxylic acid groups (broad SMARTS) is 1. The van der Waals surface area contributed by atoms with Crippen molar-refractivity contribution in [3.63, 3.8) is 0 Å². The van der Waals surface area contributed by atoms with Crippen LogP contribution >= 0.6 is 0 Å². The number of amides is 2. The fourth-order valence-corrected chi connectivity index (χ4v) is 2.08. The lowest BCUT2D eigenvalue weighted by Crippen LogP contribution is -2.33. The highest BCUT2D eigenvalue weighted by atomic mass is 19.2. The highest BCUT2D eigenvalue weighted by Gasteiger charge is 2.28. The van der Waals surface area contributed by atoms with Gasteiger partial charge in [-0.3, -0.25) is 0 Å². The molecule has 0 heterocycles. The van der Waals surface area contributed by atoms with Crippen LogP contribution in [0.5, 0.6) is 0 Å². The zero-order chi connectivity index (χ0) is 15.6. The van der Waals surface area contributed by atoms with Crippen LogP contribution in [-0.4, -0.2) is 23.7 Å². The zero-order valence-electron chi connectivity index (χ0n) is 11.5. The van der Waals surface area contributed by atoms with Crippen LogP contribution < -0.4 is 10.6 Å². The molecule has 1 aliphatic rings. The summed E-state index contributed by atoms with van der Waals surface area (Å²) in [5.41, 5.74) is -0.780. The normalized spacial score (nSPS) is 15.4. The SMILES string of the molecule is CC(CNC(=O)Nc1cc(F)c(F)cc1C(=O)O)C1CC1. The fourth-order valence-electron chi connectivity index (χ4n) is 2.08. The van der Waals surface area contributed by atoms with Gasteiger partial charge in [0.1, 0.15) is 0 Å². The van der Waals surface area contributed by atoms with Crippen LogP contribution in [0, 0.1) is 23.5 Å². The summed E-state index contributed by atoms with van der Waals surface area (Å²) >= 11 is 0. The highest BCUT2D eigenvalue weighted by Crippen LogP contribution is 2.36. The summed E-state index contributed by atoms with van der Waals surface area (Å²) in [6.07, 6.45) is 2.30. The summed E-state index contributed by atoms with van der Waals surface area (Å²) in [5, 5.41) is 13.8. The van der Waals surface area contributed by atoms with Crippen molar-refractivity contribution in [2.45, 2.75) is 19.8 Å². The number of carbonyl (C=O) groups is 2. The van der Waals surface area contributed by atoms with E-state index in [1.54, 1.807) is 0 Å². The molecule has 0 bridgehead atoms. The number of hydrogen-bond donors (Lipinski definition) is 3. The van der Waals surface area contributed by atoms with E-state index in [9.17, 15) is 18.4 Å². The Morgan fingerprint density at radius 3 is 2.52 bits per heavy atom. The van der Waals surface area contributed by atoms with Crippen LogP contribution in [0.4, 0.5) is 19.3 Å². The standard InChI is InChI=1S/C14H16F2N2O3/c1-7(8-2-3-8)6-17-14(21)18-12-5-11(16)10(15)4-9(12)13(19)20/h4-5,7-8H,2-3,6H2,1H3,(H,19,20)(H2,17,18,21). The van der Waals surface area contributed by atoms with Gasteiger partial charge < -0.3 is 15.7 Å². The lowest BCUT2D eigenvalue weighted by molar-refractivity contribution is 0.0697. The van der Waals surface area contributed by atoms with Gasteiger partial charge in [0.25, 0.3) is 0 Å². The topological polar surface area (TPSA) is 78.4 Å². The van der Waals surface area contributed by atoms with Crippen LogP contribution in [0.25, 0.3) is 0 Å². The molecule has 1 aromatic rings. The first-order valence-electron chi connectivity index (χ1n) is 6.65. The van der Waals surface area contributed by atoms with Gasteiger partial charge in [0, 0.05) is 12.6 Å². The molecule has 0 spiro atoms. The molecule has 1 saturated carbocycles. The van der Waals surface area contributed by atoms with E-state index in [-0.39, 0.29) is 5.69 Å². The van der Waals surface area contributed by atoms with Crippen molar-refractivity contribution in [3.8, 4) is 0 Å². The number of nitrogens with one attached hydrogen (secondary N) is 2. The lowest BCUT2D eigenvalue weighted by Gasteiger charge is -2.13. The molecule has 5 nitrogen and oxygen atoms in total. The molecule has 7 heteroatoms. The Morgan fingerprint density at radius 1 is 1.33 bits per heavy atom. The summed E-state index contributed by atoms with van der Waals surface area (Å²) in [4.78, 5) is 22.7. The molecule has 0 saturated heterocycles. The Hall–Kier alpha value is -2.18. The number of anilines is 1. The highest BCUT2D eigenvalue weighted by molar-refractivity contribution is 6.00. The summed E-state index contributed by atoms with van der Waals surface area (Å²) in [6, 6.07) is 0.555. The first kappa shape index (κ1) is 15.2. The number of benzene rings is 1. The maximum Gasteiger partial charge on any atom is 0.337 e. The van der Waals surface area contributed by atoms with Crippen molar-refractivity contribution < 1.29 is 23.5 Å². The first-order valence-corrected chi connectivity index (χ1v) is 6.65. The quantitative estimate of drug-likeness (QED) is 0.782. The van der Waals surface area contributed by atoms with Crippen LogP contribution in [0.1, 0.15) is 30.1 Å². The van der Waals surface area contributed by atoms with Crippen LogP contribution in [0.2, 0.25) is 0 Å². The number of halogens is 2. The molecule has 2 rings (SSSR count). The number of urea groups is 1. The third-order valence-electron chi connectivity index (χ3n) is 3.55. The summed E-state index contributed by atoms with van der Waals surface area (Å²) in [6.45, 7) is 2.46. The molecule has 114 valence electrons. The van der Waals surface area contributed by atoms with Gasteiger partial charge in [0.2, 0.25) is 0 Å². The summed E-state index contributed by atoms with van der Waals surface area (Å²) in [5.74, 6) is -3.00. The molecule has 21 heavy (non-hydrogen) atoms. The molecular formula is C14H16F2N2O3. The third-order valence-corrected chi connectivity index (χ3v) is 3.55. The molecule has 1 unspecified atom stereocenters.